The summed E-state index contributed by atoms with van der Waals surface area (Å²) in [6.07, 6.45) is 4.68. The van der Waals surface area contributed by atoms with Gasteiger partial charge in [-0.2, -0.15) is 0 Å². The van der Waals surface area contributed by atoms with Gasteiger partial charge in [0.15, 0.2) is 0 Å². The molecule has 7 heteroatoms. The van der Waals surface area contributed by atoms with Crippen molar-refractivity contribution in [3.05, 3.63) is 35.6 Å². The van der Waals surface area contributed by atoms with E-state index in [1.54, 1.807) is 6.07 Å². The molecule has 1 aromatic carbocycles. The second-order valence-electron chi connectivity index (χ2n) is 9.33. The lowest BCUT2D eigenvalue weighted by Gasteiger charge is -2.35. The Morgan fingerprint density at radius 2 is 1.97 bits per heavy atom. The normalized spacial score (nSPS) is 28.5. The lowest BCUT2D eigenvalue weighted by Crippen LogP contribution is -2.45. The smallest absolute Gasteiger partial charge is 0.225 e. The molecule has 3 aliphatic rings. The predicted molar refractivity (Wildman–Crippen MR) is 116 cm³/mol. The van der Waals surface area contributed by atoms with Crippen LogP contribution < -0.4 is 5.32 Å². The van der Waals surface area contributed by atoms with Crippen LogP contribution in [0.3, 0.4) is 0 Å². The highest BCUT2D eigenvalue weighted by atomic mass is 19.1. The van der Waals surface area contributed by atoms with Crippen LogP contribution in [0.15, 0.2) is 24.3 Å². The number of likely N-dealkylation sites (tertiary alicyclic amines) is 1. The van der Waals surface area contributed by atoms with Crippen molar-refractivity contribution in [2.24, 2.45) is 11.8 Å². The Kier molecular flexibility index (Phi) is 7.23. The summed E-state index contributed by atoms with van der Waals surface area (Å²) in [5.74, 6) is 0.183. The third kappa shape index (κ3) is 5.44. The van der Waals surface area contributed by atoms with Gasteiger partial charge in [-0.05, 0) is 49.3 Å². The van der Waals surface area contributed by atoms with Gasteiger partial charge < -0.3 is 15.0 Å². The fourth-order valence-corrected chi connectivity index (χ4v) is 5.22. The lowest BCUT2D eigenvalue weighted by molar-refractivity contribution is -0.131. The summed E-state index contributed by atoms with van der Waals surface area (Å²) in [6, 6.07) is 6.76. The Hall–Kier alpha value is -1.99. The van der Waals surface area contributed by atoms with Crippen molar-refractivity contribution in [1.82, 2.24) is 15.1 Å². The van der Waals surface area contributed by atoms with Crippen LogP contribution >= 0.6 is 0 Å². The Balaban J connectivity index is 1.37. The summed E-state index contributed by atoms with van der Waals surface area (Å²) >= 11 is 0. The van der Waals surface area contributed by atoms with Crippen LogP contribution in [0.1, 0.15) is 50.6 Å². The molecule has 2 atom stereocenters. The van der Waals surface area contributed by atoms with E-state index in [9.17, 15) is 14.0 Å². The topological polar surface area (TPSA) is 61.9 Å². The van der Waals surface area contributed by atoms with Gasteiger partial charge in [-0.3, -0.25) is 14.5 Å². The molecule has 0 aromatic heterocycles. The molecule has 2 saturated heterocycles. The summed E-state index contributed by atoms with van der Waals surface area (Å²) < 4.78 is 19.3. The second kappa shape index (κ2) is 10.1. The number of halogens is 1. The summed E-state index contributed by atoms with van der Waals surface area (Å²) in [5, 5.41) is 3.07. The van der Waals surface area contributed by atoms with Crippen molar-refractivity contribution in [3.63, 3.8) is 0 Å². The van der Waals surface area contributed by atoms with Crippen molar-refractivity contribution in [1.29, 1.82) is 0 Å². The van der Waals surface area contributed by atoms with Crippen molar-refractivity contribution in [3.8, 4) is 0 Å². The van der Waals surface area contributed by atoms with Gasteiger partial charge in [-0.15, -0.1) is 0 Å². The molecule has 2 heterocycles. The van der Waals surface area contributed by atoms with Gasteiger partial charge in [0, 0.05) is 38.6 Å². The molecule has 1 aliphatic carbocycles. The number of carbonyl (C=O) groups excluding carboxylic acids is 2. The standard InChI is InChI=1S/C24H34FN3O3/c1-17-5-7-21(8-6-17)28-16-19(14-23(28)29)24(30)26-15-22(27-9-11-31-12-10-27)18-3-2-4-20(25)13-18/h2-4,13,17,19,21-22H,5-12,14-16H2,1H3,(H,26,30). The highest BCUT2D eigenvalue weighted by Gasteiger charge is 2.39. The number of nitrogens with one attached hydrogen (secondary N) is 1. The van der Waals surface area contributed by atoms with Crippen LogP contribution in [0.2, 0.25) is 0 Å². The molecule has 1 saturated carbocycles. The van der Waals surface area contributed by atoms with Gasteiger partial charge in [-0.1, -0.05) is 19.1 Å². The molecule has 2 amide bonds. The molecule has 0 bridgehead atoms. The molecular formula is C24H34FN3O3. The Bertz CT molecular complexity index is 775. The number of nitrogens with zero attached hydrogens (tertiary/aromatic N) is 2. The largest absolute Gasteiger partial charge is 0.379 e. The molecular weight excluding hydrogens is 397 g/mol. The first-order valence-corrected chi connectivity index (χ1v) is 11.7. The zero-order valence-electron chi connectivity index (χ0n) is 18.4. The van der Waals surface area contributed by atoms with E-state index >= 15 is 0 Å². The molecule has 1 N–H and O–H groups in total. The number of morpholine rings is 1. The monoisotopic (exact) mass is 431 g/mol. The molecule has 0 radical (unpaired) electrons. The van der Waals surface area contributed by atoms with Gasteiger partial charge in [0.2, 0.25) is 11.8 Å². The highest BCUT2D eigenvalue weighted by molar-refractivity contribution is 5.89. The van der Waals surface area contributed by atoms with Crippen molar-refractivity contribution >= 4 is 11.8 Å². The Morgan fingerprint density at radius 3 is 2.68 bits per heavy atom. The Morgan fingerprint density at radius 1 is 1.23 bits per heavy atom. The quantitative estimate of drug-likeness (QED) is 0.753. The minimum Gasteiger partial charge on any atom is -0.379 e. The molecule has 2 aliphatic heterocycles. The van der Waals surface area contributed by atoms with Crippen LogP contribution in [-0.2, 0) is 14.3 Å². The van der Waals surface area contributed by atoms with Crippen LogP contribution in [0.4, 0.5) is 4.39 Å². The number of rotatable bonds is 6. The zero-order chi connectivity index (χ0) is 21.8. The molecule has 31 heavy (non-hydrogen) atoms. The first kappa shape index (κ1) is 22.2. The molecule has 0 spiro atoms. The highest BCUT2D eigenvalue weighted by Crippen LogP contribution is 2.31. The predicted octanol–water partition coefficient (Wildman–Crippen LogP) is 2.74. The maximum absolute atomic E-state index is 13.9. The van der Waals surface area contributed by atoms with Crippen LogP contribution in [-0.4, -0.2) is 67.0 Å². The van der Waals surface area contributed by atoms with E-state index in [-0.39, 0.29) is 35.6 Å². The average molecular weight is 432 g/mol. The fraction of sp³-hybridized carbons (Fsp3) is 0.667. The lowest BCUT2D eigenvalue weighted by atomic mass is 9.87. The molecule has 6 nitrogen and oxygen atoms in total. The van der Waals surface area contributed by atoms with Crippen molar-refractivity contribution in [2.75, 3.05) is 39.4 Å². The SMILES string of the molecule is CC1CCC(N2CC(C(=O)NCC(c3cccc(F)c3)N3CCOCC3)CC2=O)CC1. The van der Waals surface area contributed by atoms with Crippen molar-refractivity contribution < 1.29 is 18.7 Å². The number of carbonyl (C=O) groups is 2. The minimum atomic E-state index is -0.301. The van der Waals surface area contributed by atoms with E-state index < -0.39 is 0 Å². The van der Waals surface area contributed by atoms with Gasteiger partial charge in [0.05, 0.1) is 25.2 Å². The van der Waals surface area contributed by atoms with E-state index in [1.807, 2.05) is 11.0 Å². The van der Waals surface area contributed by atoms with E-state index in [1.165, 1.54) is 12.1 Å². The van der Waals surface area contributed by atoms with Gasteiger partial charge in [0.25, 0.3) is 0 Å². The first-order valence-electron chi connectivity index (χ1n) is 11.7. The van der Waals surface area contributed by atoms with E-state index in [0.717, 1.165) is 50.3 Å². The molecule has 170 valence electrons. The van der Waals surface area contributed by atoms with Gasteiger partial charge in [-0.25, -0.2) is 4.39 Å². The fourth-order valence-electron chi connectivity index (χ4n) is 5.22. The number of hydrogen-bond donors (Lipinski definition) is 1. The number of amides is 2. The van der Waals surface area contributed by atoms with Gasteiger partial charge >= 0.3 is 0 Å². The number of benzene rings is 1. The van der Waals surface area contributed by atoms with E-state index in [2.05, 4.69) is 17.1 Å². The Labute approximate surface area is 184 Å². The summed E-state index contributed by atoms with van der Waals surface area (Å²) in [4.78, 5) is 29.7. The maximum Gasteiger partial charge on any atom is 0.225 e. The third-order valence-electron chi connectivity index (χ3n) is 7.14. The van der Waals surface area contributed by atoms with Crippen LogP contribution in [0, 0.1) is 17.7 Å². The van der Waals surface area contributed by atoms with Crippen LogP contribution in [0.5, 0.6) is 0 Å². The summed E-state index contributed by atoms with van der Waals surface area (Å²) in [7, 11) is 0. The maximum atomic E-state index is 13.9. The summed E-state index contributed by atoms with van der Waals surface area (Å²) in [5.41, 5.74) is 0.850. The van der Waals surface area contributed by atoms with Crippen LogP contribution in [0.25, 0.3) is 0 Å². The molecule has 3 fully saturated rings. The first-order chi connectivity index (χ1) is 15.0. The number of ether oxygens (including phenoxy) is 1. The molecule has 2 unspecified atom stereocenters. The van der Waals surface area contributed by atoms with Gasteiger partial charge in [0.1, 0.15) is 5.82 Å². The number of hydrogen-bond acceptors (Lipinski definition) is 4. The second-order valence-corrected chi connectivity index (χ2v) is 9.33. The summed E-state index contributed by atoms with van der Waals surface area (Å²) in [6.45, 7) is 5.93. The average Bonchev–Trinajstić information content (AvgIpc) is 3.17. The van der Waals surface area contributed by atoms with E-state index in [0.29, 0.717) is 32.7 Å². The molecule has 4 rings (SSSR count). The third-order valence-corrected chi connectivity index (χ3v) is 7.14. The minimum absolute atomic E-state index is 0.0744. The van der Waals surface area contributed by atoms with E-state index in [4.69, 9.17) is 4.74 Å². The molecule has 1 aromatic rings. The van der Waals surface area contributed by atoms with Crippen molar-refractivity contribution in [2.45, 2.75) is 51.1 Å². The zero-order valence-corrected chi connectivity index (χ0v) is 18.4.